The maximum Gasteiger partial charge on any atom is 0.339 e. The lowest BCUT2D eigenvalue weighted by Gasteiger charge is -2.12. The van der Waals surface area contributed by atoms with E-state index in [-0.39, 0.29) is 21.9 Å². The third-order valence-electron chi connectivity index (χ3n) is 3.16. The molecular weight excluding hydrogens is 325 g/mol. The fourth-order valence-electron chi connectivity index (χ4n) is 1.93. The van der Waals surface area contributed by atoms with Crippen LogP contribution in [0.15, 0.2) is 41.3 Å². The molecule has 0 radical (unpaired) electrons. The van der Waals surface area contributed by atoms with Gasteiger partial charge in [0.05, 0.1) is 17.7 Å². The monoisotopic (exact) mass is 339 g/mol. The molecule has 2 rings (SSSR count). The molecule has 0 aromatic heterocycles. The van der Waals surface area contributed by atoms with Crippen molar-refractivity contribution in [2.75, 3.05) is 11.8 Å². The fourth-order valence-corrected chi connectivity index (χ4v) is 3.08. The summed E-state index contributed by atoms with van der Waals surface area (Å²) < 4.78 is 45.1. The predicted octanol–water partition coefficient (Wildman–Crippen LogP) is 2.64. The van der Waals surface area contributed by atoms with Gasteiger partial charge in [-0.2, -0.15) is 0 Å². The number of ether oxygens (including phenoxy) is 1. The number of methoxy groups -OCH3 is 1. The zero-order valence-electron chi connectivity index (χ0n) is 12.3. The largest absolute Gasteiger partial charge is 0.496 e. The first-order valence-corrected chi connectivity index (χ1v) is 7.93. The summed E-state index contributed by atoms with van der Waals surface area (Å²) in [6.07, 6.45) is 0. The number of hydrogen-bond acceptors (Lipinski definition) is 4. The van der Waals surface area contributed by atoms with Gasteiger partial charge < -0.3 is 9.84 Å². The topological polar surface area (TPSA) is 92.7 Å². The second-order valence-corrected chi connectivity index (χ2v) is 6.41. The van der Waals surface area contributed by atoms with E-state index in [2.05, 4.69) is 4.72 Å². The number of anilines is 1. The number of carbonyl (C=O) groups is 1. The van der Waals surface area contributed by atoms with Gasteiger partial charge in [0.25, 0.3) is 10.0 Å². The van der Waals surface area contributed by atoms with E-state index in [1.807, 2.05) is 0 Å². The molecule has 0 saturated carbocycles. The first-order valence-electron chi connectivity index (χ1n) is 6.45. The number of carboxylic acid groups (broad SMARTS) is 1. The van der Waals surface area contributed by atoms with E-state index in [9.17, 15) is 17.6 Å². The van der Waals surface area contributed by atoms with Crippen molar-refractivity contribution in [1.82, 2.24) is 0 Å². The number of aromatic carboxylic acids is 1. The lowest BCUT2D eigenvalue weighted by molar-refractivity contribution is 0.0693. The summed E-state index contributed by atoms with van der Waals surface area (Å²) in [7, 11) is -2.79. The number of halogens is 1. The van der Waals surface area contributed by atoms with Crippen molar-refractivity contribution in [3.8, 4) is 5.75 Å². The van der Waals surface area contributed by atoms with Crippen molar-refractivity contribution in [2.24, 2.45) is 0 Å². The highest BCUT2D eigenvalue weighted by molar-refractivity contribution is 7.92. The smallest absolute Gasteiger partial charge is 0.339 e. The zero-order valence-corrected chi connectivity index (χ0v) is 13.1. The summed E-state index contributed by atoms with van der Waals surface area (Å²) in [4.78, 5) is 10.9. The highest BCUT2D eigenvalue weighted by Crippen LogP contribution is 2.25. The molecule has 0 bridgehead atoms. The number of hydrogen-bond donors (Lipinski definition) is 2. The molecule has 122 valence electrons. The Balaban J connectivity index is 2.46. The Labute approximate surface area is 132 Å². The molecule has 2 N–H and O–H groups in total. The van der Waals surface area contributed by atoms with Crippen LogP contribution in [0.4, 0.5) is 10.1 Å². The molecule has 2 aromatic rings. The van der Waals surface area contributed by atoms with Gasteiger partial charge in [-0.3, -0.25) is 4.72 Å². The molecule has 23 heavy (non-hydrogen) atoms. The molecule has 0 aliphatic carbocycles. The van der Waals surface area contributed by atoms with Crippen molar-refractivity contribution >= 4 is 21.7 Å². The highest BCUT2D eigenvalue weighted by Gasteiger charge is 2.20. The quantitative estimate of drug-likeness (QED) is 0.873. The van der Waals surface area contributed by atoms with E-state index in [4.69, 9.17) is 9.84 Å². The average molecular weight is 339 g/mol. The second-order valence-electron chi connectivity index (χ2n) is 4.73. The fraction of sp³-hybridized carbons (Fsp3) is 0.133. The summed E-state index contributed by atoms with van der Waals surface area (Å²) in [5.74, 6) is -1.87. The van der Waals surface area contributed by atoms with Crippen LogP contribution in [0.25, 0.3) is 0 Å². The maximum atomic E-state index is 13.3. The lowest BCUT2D eigenvalue weighted by atomic mass is 10.2. The van der Waals surface area contributed by atoms with Crippen LogP contribution in [-0.2, 0) is 10.0 Å². The van der Waals surface area contributed by atoms with E-state index in [1.165, 1.54) is 31.4 Å². The van der Waals surface area contributed by atoms with Gasteiger partial charge in [0.15, 0.2) is 0 Å². The molecule has 0 amide bonds. The molecule has 0 atom stereocenters. The second kappa shape index (κ2) is 6.25. The minimum atomic E-state index is -4.07. The van der Waals surface area contributed by atoms with Crippen molar-refractivity contribution in [1.29, 1.82) is 0 Å². The minimum Gasteiger partial charge on any atom is -0.496 e. The summed E-state index contributed by atoms with van der Waals surface area (Å²) in [6.45, 7) is 1.62. The molecular formula is C15H14FNO5S. The Bertz CT molecular complexity index is 864. The Morgan fingerprint density at radius 1 is 1.22 bits per heavy atom. The number of carboxylic acids is 1. The van der Waals surface area contributed by atoms with Crippen LogP contribution in [0.2, 0.25) is 0 Å². The van der Waals surface area contributed by atoms with Crippen molar-refractivity contribution < 1.29 is 27.4 Å². The van der Waals surface area contributed by atoms with E-state index < -0.39 is 21.8 Å². The number of rotatable bonds is 5. The van der Waals surface area contributed by atoms with E-state index in [0.29, 0.717) is 5.56 Å². The Morgan fingerprint density at radius 2 is 1.91 bits per heavy atom. The first-order chi connectivity index (χ1) is 10.7. The Hall–Kier alpha value is -2.61. The van der Waals surface area contributed by atoms with E-state index >= 15 is 0 Å². The third kappa shape index (κ3) is 3.59. The molecule has 0 spiro atoms. The molecule has 6 nitrogen and oxygen atoms in total. The van der Waals surface area contributed by atoms with Gasteiger partial charge in [0.2, 0.25) is 0 Å². The molecule has 0 fully saturated rings. The van der Waals surface area contributed by atoms with Gasteiger partial charge in [-0.25, -0.2) is 17.6 Å². The molecule has 0 heterocycles. The van der Waals surface area contributed by atoms with E-state index in [1.54, 1.807) is 6.92 Å². The standard InChI is InChI=1S/C15H14FNO5S/c1-9-3-4-10(16)7-13(9)17-23(20,21)11-5-6-14(22-2)12(8-11)15(18)19/h3-8,17H,1-2H3,(H,18,19). The van der Waals surface area contributed by atoms with Crippen LogP contribution in [0.1, 0.15) is 15.9 Å². The third-order valence-corrected chi connectivity index (χ3v) is 4.52. The van der Waals surface area contributed by atoms with Crippen LogP contribution >= 0.6 is 0 Å². The molecule has 0 aliphatic rings. The number of nitrogens with one attached hydrogen (secondary N) is 1. The normalized spacial score (nSPS) is 11.1. The summed E-state index contributed by atoms with van der Waals surface area (Å²) in [5.41, 5.74) is 0.325. The predicted molar refractivity (Wildman–Crippen MR) is 81.9 cm³/mol. The first kappa shape index (κ1) is 16.8. The molecule has 0 unspecified atom stereocenters. The van der Waals surface area contributed by atoms with Gasteiger partial charge in [-0.05, 0) is 42.8 Å². The molecule has 2 aromatic carbocycles. The average Bonchev–Trinajstić information content (AvgIpc) is 2.50. The molecule has 8 heteroatoms. The van der Waals surface area contributed by atoms with Gasteiger partial charge >= 0.3 is 5.97 Å². The summed E-state index contributed by atoms with van der Waals surface area (Å²) in [5, 5.41) is 9.11. The van der Waals surface area contributed by atoms with Crippen LogP contribution in [0, 0.1) is 12.7 Å². The summed E-state index contributed by atoms with van der Waals surface area (Å²) >= 11 is 0. The minimum absolute atomic E-state index is 0.0402. The molecule has 0 aliphatic heterocycles. The zero-order chi connectivity index (χ0) is 17.2. The summed E-state index contributed by atoms with van der Waals surface area (Å²) in [6, 6.07) is 7.14. The van der Waals surface area contributed by atoms with Gasteiger partial charge in [0.1, 0.15) is 17.1 Å². The number of aryl methyl sites for hydroxylation is 1. The van der Waals surface area contributed by atoms with Crippen LogP contribution in [-0.4, -0.2) is 26.6 Å². The maximum absolute atomic E-state index is 13.3. The van der Waals surface area contributed by atoms with Gasteiger partial charge in [0, 0.05) is 0 Å². The number of sulfonamides is 1. The van der Waals surface area contributed by atoms with Crippen LogP contribution in [0.3, 0.4) is 0 Å². The SMILES string of the molecule is COc1ccc(S(=O)(=O)Nc2cc(F)ccc2C)cc1C(=O)O. The van der Waals surface area contributed by atoms with Gasteiger partial charge in [-0.15, -0.1) is 0 Å². The van der Waals surface area contributed by atoms with Crippen molar-refractivity contribution in [2.45, 2.75) is 11.8 Å². The van der Waals surface area contributed by atoms with Crippen molar-refractivity contribution in [3.05, 3.63) is 53.3 Å². The lowest BCUT2D eigenvalue weighted by Crippen LogP contribution is -2.15. The Kier molecular flexibility index (Phi) is 4.55. The molecule has 0 saturated heterocycles. The Morgan fingerprint density at radius 3 is 2.52 bits per heavy atom. The number of benzene rings is 2. The van der Waals surface area contributed by atoms with Gasteiger partial charge in [-0.1, -0.05) is 6.07 Å². The van der Waals surface area contributed by atoms with Crippen LogP contribution in [0.5, 0.6) is 5.75 Å². The van der Waals surface area contributed by atoms with E-state index in [0.717, 1.165) is 12.1 Å². The van der Waals surface area contributed by atoms with Crippen molar-refractivity contribution in [3.63, 3.8) is 0 Å². The highest BCUT2D eigenvalue weighted by atomic mass is 32.2. The van der Waals surface area contributed by atoms with Crippen LogP contribution < -0.4 is 9.46 Å².